The van der Waals surface area contributed by atoms with Gasteiger partial charge in [0.1, 0.15) is 11.5 Å². The van der Waals surface area contributed by atoms with Crippen molar-refractivity contribution in [1.29, 1.82) is 0 Å². The van der Waals surface area contributed by atoms with Crippen LogP contribution in [0.3, 0.4) is 0 Å². The summed E-state index contributed by atoms with van der Waals surface area (Å²) in [5.74, 6) is 0.719. The summed E-state index contributed by atoms with van der Waals surface area (Å²) in [6.07, 6.45) is 0.730. The molecule has 2 aromatic rings. The summed E-state index contributed by atoms with van der Waals surface area (Å²) < 4.78 is 5.97. The van der Waals surface area contributed by atoms with Gasteiger partial charge in [-0.05, 0) is 67.8 Å². The number of hydrogen-bond acceptors (Lipinski definition) is 3. The Balaban J connectivity index is 1.66. The average molecular weight is 325 g/mol. The molecular weight excluding hydrogens is 302 g/mol. The summed E-state index contributed by atoms with van der Waals surface area (Å²) in [4.78, 5) is 13.3. The molecule has 0 radical (unpaired) electrons. The molecule has 1 aliphatic rings. The van der Waals surface area contributed by atoms with E-state index in [2.05, 4.69) is 30.9 Å². The largest absolute Gasteiger partial charge is 0.481 e. The van der Waals surface area contributed by atoms with Gasteiger partial charge in [-0.2, -0.15) is 0 Å². The van der Waals surface area contributed by atoms with Crippen LogP contribution < -0.4 is 4.74 Å². The molecule has 1 atom stereocenters. The molecule has 0 aromatic heterocycles. The average Bonchev–Trinajstić information content (AvgIpc) is 3.00. The van der Waals surface area contributed by atoms with Crippen molar-refractivity contribution in [2.24, 2.45) is 5.92 Å². The predicted octanol–water partition coefficient (Wildman–Crippen LogP) is 4.00. The van der Waals surface area contributed by atoms with E-state index in [4.69, 9.17) is 9.84 Å². The van der Waals surface area contributed by atoms with E-state index < -0.39 is 5.97 Å². The Morgan fingerprint density at radius 2 is 1.96 bits per heavy atom. The van der Waals surface area contributed by atoms with Gasteiger partial charge in [-0.3, -0.25) is 9.69 Å². The summed E-state index contributed by atoms with van der Waals surface area (Å²) in [7, 11) is 0. The number of likely N-dealkylation sites (tertiary alicyclic amines) is 1. The molecule has 1 fully saturated rings. The van der Waals surface area contributed by atoms with Crippen LogP contribution in [0.25, 0.3) is 0 Å². The molecule has 1 unspecified atom stereocenters. The van der Waals surface area contributed by atoms with Crippen LogP contribution in [0.4, 0.5) is 0 Å². The fourth-order valence-electron chi connectivity index (χ4n) is 3.06. The summed E-state index contributed by atoms with van der Waals surface area (Å²) in [5, 5.41) is 9.10. The van der Waals surface area contributed by atoms with E-state index in [1.54, 1.807) is 0 Å². The predicted molar refractivity (Wildman–Crippen MR) is 93.5 cm³/mol. The molecule has 0 spiro atoms. The summed E-state index contributed by atoms with van der Waals surface area (Å²) in [6.45, 7) is 6.37. The summed E-state index contributed by atoms with van der Waals surface area (Å²) in [5.41, 5.74) is 3.60. The number of carboxylic acid groups (broad SMARTS) is 1. The fraction of sp³-hybridized carbons (Fsp3) is 0.350. The number of benzene rings is 2. The van der Waals surface area contributed by atoms with Crippen molar-refractivity contribution in [2.45, 2.75) is 26.8 Å². The third-order valence-electron chi connectivity index (χ3n) is 4.64. The molecule has 0 aliphatic carbocycles. The number of nitrogens with zero attached hydrogens (tertiary/aromatic N) is 1. The second-order valence-electron chi connectivity index (χ2n) is 6.55. The van der Waals surface area contributed by atoms with Gasteiger partial charge in [-0.15, -0.1) is 0 Å². The van der Waals surface area contributed by atoms with E-state index in [0.29, 0.717) is 6.54 Å². The SMILES string of the molecule is Cc1ccc(Oc2cccc(CN3CCC(C(=O)O)C3)c2)cc1C. The smallest absolute Gasteiger partial charge is 0.307 e. The van der Waals surface area contributed by atoms with E-state index in [1.807, 2.05) is 30.3 Å². The quantitative estimate of drug-likeness (QED) is 0.902. The van der Waals surface area contributed by atoms with Crippen LogP contribution in [0.15, 0.2) is 42.5 Å². The van der Waals surface area contributed by atoms with E-state index >= 15 is 0 Å². The van der Waals surface area contributed by atoms with Crippen LogP contribution in [0, 0.1) is 19.8 Å². The van der Waals surface area contributed by atoms with Gasteiger partial charge in [0.2, 0.25) is 0 Å². The van der Waals surface area contributed by atoms with Crippen LogP contribution in [0.2, 0.25) is 0 Å². The third kappa shape index (κ3) is 3.95. The maximum Gasteiger partial charge on any atom is 0.307 e. The first kappa shape index (κ1) is 16.5. The van der Waals surface area contributed by atoms with Crippen LogP contribution in [0.5, 0.6) is 11.5 Å². The Morgan fingerprint density at radius 1 is 1.17 bits per heavy atom. The molecule has 0 saturated carbocycles. The number of aryl methyl sites for hydroxylation is 2. The normalized spacial score (nSPS) is 17.8. The van der Waals surface area contributed by atoms with Crippen molar-refractivity contribution in [2.75, 3.05) is 13.1 Å². The molecular formula is C20H23NO3. The second-order valence-corrected chi connectivity index (χ2v) is 6.55. The third-order valence-corrected chi connectivity index (χ3v) is 4.64. The van der Waals surface area contributed by atoms with Gasteiger partial charge >= 0.3 is 5.97 Å². The van der Waals surface area contributed by atoms with E-state index in [1.165, 1.54) is 11.1 Å². The highest BCUT2D eigenvalue weighted by atomic mass is 16.5. The van der Waals surface area contributed by atoms with Gasteiger partial charge < -0.3 is 9.84 Å². The van der Waals surface area contributed by atoms with Gasteiger partial charge in [-0.25, -0.2) is 0 Å². The molecule has 4 nitrogen and oxygen atoms in total. The van der Waals surface area contributed by atoms with Crippen molar-refractivity contribution < 1.29 is 14.6 Å². The number of carbonyl (C=O) groups is 1. The molecule has 0 bridgehead atoms. The van der Waals surface area contributed by atoms with Crippen molar-refractivity contribution >= 4 is 5.97 Å². The van der Waals surface area contributed by atoms with Gasteiger partial charge in [0, 0.05) is 13.1 Å². The van der Waals surface area contributed by atoms with Crippen LogP contribution in [-0.2, 0) is 11.3 Å². The zero-order chi connectivity index (χ0) is 17.1. The van der Waals surface area contributed by atoms with E-state index in [9.17, 15) is 4.79 Å². The van der Waals surface area contributed by atoms with Crippen molar-refractivity contribution in [3.63, 3.8) is 0 Å². The highest BCUT2D eigenvalue weighted by Crippen LogP contribution is 2.26. The van der Waals surface area contributed by atoms with Gasteiger partial charge in [-0.1, -0.05) is 18.2 Å². The minimum atomic E-state index is -0.690. The zero-order valence-electron chi connectivity index (χ0n) is 14.2. The molecule has 24 heavy (non-hydrogen) atoms. The molecule has 4 heteroatoms. The lowest BCUT2D eigenvalue weighted by Gasteiger charge is -2.16. The number of carboxylic acids is 1. The molecule has 1 heterocycles. The number of hydrogen-bond donors (Lipinski definition) is 1. The highest BCUT2D eigenvalue weighted by Gasteiger charge is 2.27. The fourth-order valence-corrected chi connectivity index (χ4v) is 3.06. The topological polar surface area (TPSA) is 49.8 Å². The molecule has 3 rings (SSSR count). The van der Waals surface area contributed by atoms with Crippen molar-refractivity contribution in [3.8, 4) is 11.5 Å². The molecule has 1 N–H and O–H groups in total. The lowest BCUT2D eigenvalue weighted by Crippen LogP contribution is -2.22. The second kappa shape index (κ2) is 7.05. The number of rotatable bonds is 5. The maximum absolute atomic E-state index is 11.1. The Kier molecular flexibility index (Phi) is 4.86. The van der Waals surface area contributed by atoms with Gasteiger partial charge in [0.15, 0.2) is 0 Å². The zero-order valence-corrected chi connectivity index (χ0v) is 14.2. The molecule has 0 amide bonds. The summed E-state index contributed by atoms with van der Waals surface area (Å²) >= 11 is 0. The van der Waals surface area contributed by atoms with Crippen LogP contribution in [-0.4, -0.2) is 29.1 Å². The van der Waals surface area contributed by atoms with Crippen LogP contribution >= 0.6 is 0 Å². The molecule has 1 saturated heterocycles. The standard InChI is InChI=1S/C20H23NO3/c1-14-6-7-19(10-15(14)2)24-18-5-3-4-16(11-18)12-21-9-8-17(13-21)20(22)23/h3-7,10-11,17H,8-9,12-13H2,1-2H3,(H,22,23). The number of aliphatic carboxylic acids is 1. The minimum absolute atomic E-state index is 0.236. The lowest BCUT2D eigenvalue weighted by atomic mass is 10.1. The van der Waals surface area contributed by atoms with Crippen molar-refractivity contribution in [3.05, 3.63) is 59.2 Å². The monoisotopic (exact) mass is 325 g/mol. The molecule has 2 aromatic carbocycles. The lowest BCUT2D eigenvalue weighted by molar-refractivity contribution is -0.141. The van der Waals surface area contributed by atoms with Crippen LogP contribution in [0.1, 0.15) is 23.1 Å². The Hall–Kier alpha value is -2.33. The highest BCUT2D eigenvalue weighted by molar-refractivity contribution is 5.70. The Labute approximate surface area is 142 Å². The molecule has 1 aliphatic heterocycles. The van der Waals surface area contributed by atoms with Gasteiger partial charge in [0.05, 0.1) is 5.92 Å². The maximum atomic E-state index is 11.1. The number of ether oxygens (including phenoxy) is 1. The Bertz CT molecular complexity index is 741. The first-order valence-corrected chi connectivity index (χ1v) is 8.30. The van der Waals surface area contributed by atoms with Crippen molar-refractivity contribution in [1.82, 2.24) is 4.90 Å². The first-order valence-electron chi connectivity index (χ1n) is 8.30. The Morgan fingerprint density at radius 3 is 2.67 bits per heavy atom. The minimum Gasteiger partial charge on any atom is -0.481 e. The van der Waals surface area contributed by atoms with E-state index in [0.717, 1.165) is 36.6 Å². The van der Waals surface area contributed by atoms with E-state index in [-0.39, 0.29) is 5.92 Å². The summed E-state index contributed by atoms with van der Waals surface area (Å²) in [6, 6.07) is 14.1. The first-order chi connectivity index (χ1) is 11.5. The molecule has 126 valence electrons. The van der Waals surface area contributed by atoms with Gasteiger partial charge in [0.25, 0.3) is 0 Å².